The Hall–Kier alpha value is -1.65. The summed E-state index contributed by atoms with van der Waals surface area (Å²) < 4.78 is 6.50. The van der Waals surface area contributed by atoms with Gasteiger partial charge in [0, 0.05) is 5.69 Å². The fourth-order valence-corrected chi connectivity index (χ4v) is 1.35. The minimum atomic E-state index is -0.372. The Morgan fingerprint density at radius 3 is 2.62 bits per heavy atom. The molecule has 0 radical (unpaired) electrons. The monoisotopic (exact) mass is 224 g/mol. The third-order valence-corrected chi connectivity index (χ3v) is 2.07. The molecule has 88 valence electrons. The zero-order chi connectivity index (χ0) is 12.1. The van der Waals surface area contributed by atoms with Crippen molar-refractivity contribution in [1.82, 2.24) is 9.78 Å². The summed E-state index contributed by atoms with van der Waals surface area (Å²) >= 11 is 0. The second-order valence-corrected chi connectivity index (χ2v) is 3.76. The van der Waals surface area contributed by atoms with Gasteiger partial charge in [0.05, 0.1) is 18.7 Å². The van der Waals surface area contributed by atoms with Crippen molar-refractivity contribution in [2.75, 3.05) is 6.61 Å². The third-order valence-electron chi connectivity index (χ3n) is 2.07. The standard InChI is InChI=1S/C11H16N2O3/c1-8-6-9(2)13(12-8)5-4-11(15)16-7-10(3)14/h6H,4-5,7H2,1-3H3. The number of Topliss-reactive ketones (excluding diaryl/α,β-unsaturated/α-hetero) is 1. The molecule has 0 spiro atoms. The number of hydrogen-bond acceptors (Lipinski definition) is 4. The van der Waals surface area contributed by atoms with Crippen molar-refractivity contribution in [2.45, 2.75) is 33.7 Å². The molecule has 0 saturated carbocycles. The Morgan fingerprint density at radius 1 is 1.44 bits per heavy atom. The first kappa shape index (κ1) is 12.4. The Balaban J connectivity index is 2.37. The first-order chi connectivity index (χ1) is 7.49. The van der Waals surface area contributed by atoms with Gasteiger partial charge in [-0.15, -0.1) is 0 Å². The Morgan fingerprint density at radius 2 is 2.12 bits per heavy atom. The zero-order valence-corrected chi connectivity index (χ0v) is 9.82. The van der Waals surface area contributed by atoms with Crippen LogP contribution >= 0.6 is 0 Å². The highest BCUT2D eigenvalue weighted by Crippen LogP contribution is 2.03. The Kier molecular flexibility index (Phi) is 4.22. The van der Waals surface area contributed by atoms with Crippen LogP contribution in [0.2, 0.25) is 0 Å². The van der Waals surface area contributed by atoms with Crippen LogP contribution in [0.1, 0.15) is 24.7 Å². The number of esters is 1. The van der Waals surface area contributed by atoms with E-state index in [-0.39, 0.29) is 24.8 Å². The van der Waals surface area contributed by atoms with Gasteiger partial charge in [0.1, 0.15) is 6.61 Å². The first-order valence-electron chi connectivity index (χ1n) is 5.15. The molecule has 0 saturated heterocycles. The minimum Gasteiger partial charge on any atom is -0.458 e. The molecular formula is C11H16N2O3. The largest absolute Gasteiger partial charge is 0.458 e. The molecule has 5 heteroatoms. The molecule has 1 aromatic rings. The minimum absolute atomic E-state index is 0.143. The second kappa shape index (κ2) is 5.44. The number of rotatable bonds is 5. The predicted molar refractivity (Wildman–Crippen MR) is 58.0 cm³/mol. The van der Waals surface area contributed by atoms with E-state index in [1.165, 1.54) is 6.92 Å². The molecule has 0 aliphatic carbocycles. The number of carbonyl (C=O) groups excluding carboxylic acids is 2. The van der Waals surface area contributed by atoms with E-state index in [9.17, 15) is 9.59 Å². The molecular weight excluding hydrogens is 208 g/mol. The van der Waals surface area contributed by atoms with Gasteiger partial charge in [0.15, 0.2) is 5.78 Å². The summed E-state index contributed by atoms with van der Waals surface area (Å²) in [7, 11) is 0. The summed E-state index contributed by atoms with van der Waals surface area (Å²) in [5.41, 5.74) is 1.94. The topological polar surface area (TPSA) is 61.2 Å². The maximum atomic E-state index is 11.2. The molecule has 0 N–H and O–H groups in total. The van der Waals surface area contributed by atoms with Crippen LogP contribution < -0.4 is 0 Å². The summed E-state index contributed by atoms with van der Waals surface area (Å²) in [6.07, 6.45) is 0.231. The Bertz CT molecular complexity index is 396. The number of carbonyl (C=O) groups is 2. The van der Waals surface area contributed by atoms with Gasteiger partial charge in [0.25, 0.3) is 0 Å². The summed E-state index contributed by atoms with van der Waals surface area (Å²) in [5.74, 6) is -0.526. The molecule has 0 amide bonds. The molecule has 0 fully saturated rings. The molecule has 0 bridgehead atoms. The van der Waals surface area contributed by atoms with Crippen molar-refractivity contribution in [3.63, 3.8) is 0 Å². The van der Waals surface area contributed by atoms with Crippen LogP contribution in [-0.2, 0) is 20.9 Å². The molecule has 0 aliphatic rings. The Labute approximate surface area is 94.4 Å². The molecule has 16 heavy (non-hydrogen) atoms. The van der Waals surface area contributed by atoms with Crippen LogP contribution in [0.4, 0.5) is 0 Å². The maximum absolute atomic E-state index is 11.2. The molecule has 0 aliphatic heterocycles. The van der Waals surface area contributed by atoms with Gasteiger partial charge < -0.3 is 4.74 Å². The highest BCUT2D eigenvalue weighted by Gasteiger charge is 2.07. The number of aromatic nitrogens is 2. The molecule has 1 rings (SSSR count). The van der Waals surface area contributed by atoms with E-state index in [2.05, 4.69) is 5.10 Å². The third kappa shape index (κ3) is 3.84. The molecule has 0 unspecified atom stereocenters. The highest BCUT2D eigenvalue weighted by atomic mass is 16.5. The van der Waals surface area contributed by atoms with E-state index < -0.39 is 0 Å². The predicted octanol–water partition coefficient (Wildman–Crippen LogP) is 1.02. The van der Waals surface area contributed by atoms with Crippen molar-refractivity contribution < 1.29 is 14.3 Å². The number of hydrogen-bond donors (Lipinski definition) is 0. The van der Waals surface area contributed by atoms with Crippen LogP contribution in [0.3, 0.4) is 0 Å². The zero-order valence-electron chi connectivity index (χ0n) is 9.82. The average molecular weight is 224 g/mol. The van der Waals surface area contributed by atoms with E-state index >= 15 is 0 Å². The number of ketones is 1. The lowest BCUT2D eigenvalue weighted by Crippen LogP contribution is -2.14. The van der Waals surface area contributed by atoms with Gasteiger partial charge in [-0.05, 0) is 26.8 Å². The van der Waals surface area contributed by atoms with Gasteiger partial charge in [0.2, 0.25) is 0 Å². The van der Waals surface area contributed by atoms with Crippen molar-refractivity contribution >= 4 is 11.8 Å². The van der Waals surface area contributed by atoms with Crippen LogP contribution in [0.15, 0.2) is 6.07 Å². The summed E-state index contributed by atoms with van der Waals surface area (Å²) in [4.78, 5) is 21.8. The van der Waals surface area contributed by atoms with Gasteiger partial charge in [-0.1, -0.05) is 0 Å². The normalized spacial score (nSPS) is 10.2. The van der Waals surface area contributed by atoms with Gasteiger partial charge >= 0.3 is 5.97 Å². The quantitative estimate of drug-likeness (QED) is 0.701. The molecule has 5 nitrogen and oxygen atoms in total. The number of aryl methyl sites for hydroxylation is 3. The van der Waals surface area contributed by atoms with E-state index in [1.807, 2.05) is 19.9 Å². The molecule has 0 aromatic carbocycles. The van der Waals surface area contributed by atoms with Crippen molar-refractivity contribution in [1.29, 1.82) is 0 Å². The lowest BCUT2D eigenvalue weighted by molar-refractivity contribution is -0.147. The van der Waals surface area contributed by atoms with E-state index in [0.717, 1.165) is 11.4 Å². The van der Waals surface area contributed by atoms with Gasteiger partial charge in [-0.25, -0.2) is 0 Å². The van der Waals surface area contributed by atoms with Gasteiger partial charge in [-0.2, -0.15) is 5.10 Å². The smallest absolute Gasteiger partial charge is 0.308 e. The second-order valence-electron chi connectivity index (χ2n) is 3.76. The van der Waals surface area contributed by atoms with Crippen molar-refractivity contribution in [3.05, 3.63) is 17.5 Å². The fraction of sp³-hybridized carbons (Fsp3) is 0.545. The summed E-state index contributed by atoms with van der Waals surface area (Å²) in [6, 6.07) is 1.95. The molecule has 0 atom stereocenters. The lowest BCUT2D eigenvalue weighted by Gasteiger charge is -2.04. The fourth-order valence-electron chi connectivity index (χ4n) is 1.35. The van der Waals surface area contributed by atoms with Crippen molar-refractivity contribution in [2.24, 2.45) is 0 Å². The maximum Gasteiger partial charge on any atom is 0.308 e. The SMILES string of the molecule is CC(=O)COC(=O)CCn1nc(C)cc1C. The highest BCUT2D eigenvalue weighted by molar-refractivity contribution is 5.80. The average Bonchev–Trinajstić information content (AvgIpc) is 2.51. The van der Waals surface area contributed by atoms with Crippen LogP contribution in [0.25, 0.3) is 0 Å². The van der Waals surface area contributed by atoms with E-state index in [1.54, 1.807) is 4.68 Å². The lowest BCUT2D eigenvalue weighted by atomic mass is 10.4. The van der Waals surface area contributed by atoms with Crippen LogP contribution in [0, 0.1) is 13.8 Å². The number of nitrogens with zero attached hydrogens (tertiary/aromatic N) is 2. The number of ether oxygens (including phenoxy) is 1. The van der Waals surface area contributed by atoms with Crippen LogP contribution in [0.5, 0.6) is 0 Å². The van der Waals surface area contributed by atoms with E-state index in [4.69, 9.17) is 4.74 Å². The summed E-state index contributed by atoms with van der Waals surface area (Å²) in [5, 5.41) is 4.22. The van der Waals surface area contributed by atoms with E-state index in [0.29, 0.717) is 6.54 Å². The van der Waals surface area contributed by atoms with Crippen molar-refractivity contribution in [3.8, 4) is 0 Å². The summed E-state index contributed by atoms with van der Waals surface area (Å²) in [6.45, 7) is 5.55. The first-order valence-corrected chi connectivity index (χ1v) is 5.15. The molecule has 1 aromatic heterocycles. The molecule has 1 heterocycles. The van der Waals surface area contributed by atoms with Gasteiger partial charge in [-0.3, -0.25) is 14.3 Å². The van der Waals surface area contributed by atoms with Crippen LogP contribution in [-0.4, -0.2) is 28.1 Å².